The van der Waals surface area contributed by atoms with Gasteiger partial charge in [0.05, 0.1) is 0 Å². The second-order valence-electron chi connectivity index (χ2n) is 6.05. The minimum atomic E-state index is -0.0670. The van der Waals surface area contributed by atoms with E-state index >= 15 is 0 Å². The van der Waals surface area contributed by atoms with Crippen LogP contribution in [0.25, 0.3) is 6.08 Å². The highest BCUT2D eigenvalue weighted by molar-refractivity contribution is 6.32. The number of hydrogen-bond donors (Lipinski definition) is 1. The molecule has 0 saturated carbocycles. The van der Waals surface area contributed by atoms with Crippen LogP contribution in [0.3, 0.4) is 0 Å². The quantitative estimate of drug-likeness (QED) is 0.904. The molecule has 1 saturated heterocycles. The molecule has 4 nitrogen and oxygen atoms in total. The monoisotopic (exact) mass is 355 g/mol. The lowest BCUT2D eigenvalue weighted by atomic mass is 10.2. The van der Waals surface area contributed by atoms with E-state index in [0.717, 1.165) is 38.3 Å². The summed E-state index contributed by atoms with van der Waals surface area (Å²) in [5.41, 5.74) is 2.19. The van der Waals surface area contributed by atoms with E-state index in [1.807, 2.05) is 41.3 Å². The summed E-state index contributed by atoms with van der Waals surface area (Å²) in [4.78, 5) is 16.5. The third-order valence-corrected chi connectivity index (χ3v) is 4.63. The zero-order valence-electron chi connectivity index (χ0n) is 14.1. The molecule has 1 N–H and O–H groups in total. The van der Waals surface area contributed by atoms with Crippen LogP contribution in [-0.4, -0.2) is 42.0 Å². The number of nitrogens with one attached hydrogen (secondary N) is 1. The zero-order chi connectivity index (χ0) is 17.5. The Hall–Kier alpha value is -2.30. The summed E-state index contributed by atoms with van der Waals surface area (Å²) in [5.74, 6) is 0. The fraction of sp³-hybridized carbons (Fsp3) is 0.250. The first-order valence-corrected chi connectivity index (χ1v) is 8.83. The van der Waals surface area contributed by atoms with Crippen molar-refractivity contribution >= 4 is 23.7 Å². The molecule has 130 valence electrons. The molecule has 0 bridgehead atoms. The number of amides is 2. The highest BCUT2D eigenvalue weighted by atomic mass is 35.5. The number of urea groups is 1. The highest BCUT2D eigenvalue weighted by Gasteiger charge is 2.20. The molecule has 0 aromatic heterocycles. The van der Waals surface area contributed by atoms with Gasteiger partial charge in [-0.25, -0.2) is 4.79 Å². The minimum Gasteiger partial charge on any atom is -0.322 e. The van der Waals surface area contributed by atoms with E-state index in [9.17, 15) is 4.79 Å². The lowest BCUT2D eigenvalue weighted by molar-refractivity contribution is 0.137. The Morgan fingerprint density at radius 1 is 1.00 bits per heavy atom. The van der Waals surface area contributed by atoms with Crippen LogP contribution in [0.2, 0.25) is 5.02 Å². The topological polar surface area (TPSA) is 35.6 Å². The van der Waals surface area contributed by atoms with Crippen molar-refractivity contribution in [3.05, 3.63) is 76.9 Å². The van der Waals surface area contributed by atoms with Crippen LogP contribution in [0.15, 0.2) is 60.8 Å². The van der Waals surface area contributed by atoms with Gasteiger partial charge in [0.2, 0.25) is 0 Å². The molecule has 3 rings (SSSR count). The van der Waals surface area contributed by atoms with Crippen LogP contribution in [-0.2, 0) is 6.54 Å². The maximum atomic E-state index is 12.3. The van der Waals surface area contributed by atoms with Crippen molar-refractivity contribution in [1.82, 2.24) is 15.1 Å². The van der Waals surface area contributed by atoms with Crippen LogP contribution in [0, 0.1) is 0 Å². The average molecular weight is 356 g/mol. The fourth-order valence-electron chi connectivity index (χ4n) is 2.85. The molecule has 0 radical (unpaired) electrons. The summed E-state index contributed by atoms with van der Waals surface area (Å²) < 4.78 is 0. The first kappa shape index (κ1) is 17.5. The lowest BCUT2D eigenvalue weighted by Crippen LogP contribution is -2.50. The number of benzene rings is 2. The van der Waals surface area contributed by atoms with Gasteiger partial charge in [0.15, 0.2) is 0 Å². The average Bonchev–Trinajstić information content (AvgIpc) is 2.65. The summed E-state index contributed by atoms with van der Waals surface area (Å²) in [5, 5.41) is 3.49. The summed E-state index contributed by atoms with van der Waals surface area (Å²) >= 11 is 6.09. The second-order valence-corrected chi connectivity index (χ2v) is 6.46. The second kappa shape index (κ2) is 8.70. The molecule has 2 aromatic carbocycles. The Morgan fingerprint density at radius 2 is 1.68 bits per heavy atom. The van der Waals surface area contributed by atoms with Gasteiger partial charge in [-0.05, 0) is 23.3 Å². The summed E-state index contributed by atoms with van der Waals surface area (Å²) in [6.45, 7) is 4.17. The summed E-state index contributed by atoms with van der Waals surface area (Å²) in [7, 11) is 0. The predicted molar refractivity (Wildman–Crippen MR) is 102 cm³/mol. The number of rotatable bonds is 4. The standard InChI is InChI=1S/C20H22ClN3O/c21-19-9-5-4-8-18(19)10-11-22-20(25)24-14-12-23(13-15-24)16-17-6-2-1-3-7-17/h1-11H,12-16H2,(H,22,25)/b11-10+. The van der Waals surface area contributed by atoms with Gasteiger partial charge in [0.25, 0.3) is 0 Å². The molecular weight excluding hydrogens is 334 g/mol. The van der Waals surface area contributed by atoms with Crippen molar-refractivity contribution in [3.8, 4) is 0 Å². The van der Waals surface area contributed by atoms with Gasteiger partial charge in [0.1, 0.15) is 0 Å². The van der Waals surface area contributed by atoms with Crippen LogP contribution in [0.1, 0.15) is 11.1 Å². The normalized spacial score (nSPS) is 15.5. The summed E-state index contributed by atoms with van der Waals surface area (Å²) in [6.07, 6.45) is 3.46. The number of carbonyl (C=O) groups excluding carboxylic acids is 1. The van der Waals surface area contributed by atoms with Crippen LogP contribution in [0.5, 0.6) is 0 Å². The molecule has 2 amide bonds. The van der Waals surface area contributed by atoms with Crippen molar-refractivity contribution in [2.24, 2.45) is 0 Å². The van der Waals surface area contributed by atoms with Gasteiger partial charge in [-0.2, -0.15) is 0 Å². The van der Waals surface area contributed by atoms with E-state index in [0.29, 0.717) is 5.02 Å². The maximum absolute atomic E-state index is 12.3. The molecular formula is C20H22ClN3O. The van der Waals surface area contributed by atoms with Gasteiger partial charge >= 0.3 is 6.03 Å². The highest BCUT2D eigenvalue weighted by Crippen LogP contribution is 2.15. The van der Waals surface area contributed by atoms with Crippen molar-refractivity contribution in [1.29, 1.82) is 0 Å². The Kier molecular flexibility index (Phi) is 6.09. The van der Waals surface area contributed by atoms with Gasteiger partial charge in [-0.1, -0.05) is 60.1 Å². The number of carbonyl (C=O) groups is 1. The van der Waals surface area contributed by atoms with Crippen molar-refractivity contribution in [2.75, 3.05) is 26.2 Å². The van der Waals surface area contributed by atoms with E-state index in [1.54, 1.807) is 6.20 Å². The van der Waals surface area contributed by atoms with Gasteiger partial charge in [-0.15, -0.1) is 0 Å². The SMILES string of the molecule is O=C(N/C=C/c1ccccc1Cl)N1CCN(Cc2ccccc2)CC1. The van der Waals surface area contributed by atoms with Crippen LogP contribution >= 0.6 is 11.6 Å². The molecule has 1 aliphatic heterocycles. The molecule has 0 aliphatic carbocycles. The molecule has 0 spiro atoms. The number of nitrogens with zero attached hydrogens (tertiary/aromatic N) is 2. The zero-order valence-corrected chi connectivity index (χ0v) is 14.8. The number of piperazine rings is 1. The molecule has 1 aliphatic rings. The molecule has 2 aromatic rings. The first-order chi connectivity index (χ1) is 12.2. The van der Waals surface area contributed by atoms with E-state index in [1.165, 1.54) is 5.56 Å². The van der Waals surface area contributed by atoms with E-state index in [-0.39, 0.29) is 6.03 Å². The Balaban J connectivity index is 1.44. The summed E-state index contributed by atoms with van der Waals surface area (Å²) in [6, 6.07) is 17.9. The Labute approximate surface area is 153 Å². The Morgan fingerprint density at radius 3 is 2.40 bits per heavy atom. The van der Waals surface area contributed by atoms with E-state index in [4.69, 9.17) is 11.6 Å². The van der Waals surface area contributed by atoms with Crippen LogP contribution < -0.4 is 5.32 Å². The first-order valence-electron chi connectivity index (χ1n) is 8.45. The molecule has 1 heterocycles. The van der Waals surface area contributed by atoms with Crippen LogP contribution in [0.4, 0.5) is 4.79 Å². The van der Waals surface area contributed by atoms with Gasteiger partial charge in [0, 0.05) is 43.9 Å². The Bertz CT molecular complexity index is 725. The smallest absolute Gasteiger partial charge is 0.321 e. The van der Waals surface area contributed by atoms with Gasteiger partial charge < -0.3 is 10.2 Å². The molecule has 25 heavy (non-hydrogen) atoms. The third kappa shape index (κ3) is 5.08. The molecule has 1 fully saturated rings. The molecule has 0 unspecified atom stereocenters. The number of hydrogen-bond acceptors (Lipinski definition) is 2. The number of halogens is 1. The largest absolute Gasteiger partial charge is 0.322 e. The van der Waals surface area contributed by atoms with E-state index < -0.39 is 0 Å². The lowest BCUT2D eigenvalue weighted by Gasteiger charge is -2.34. The van der Waals surface area contributed by atoms with E-state index in [2.05, 4.69) is 34.5 Å². The van der Waals surface area contributed by atoms with Crippen molar-refractivity contribution in [3.63, 3.8) is 0 Å². The molecule has 0 atom stereocenters. The third-order valence-electron chi connectivity index (χ3n) is 4.28. The molecule has 5 heteroatoms. The predicted octanol–water partition coefficient (Wildman–Crippen LogP) is 3.84. The van der Waals surface area contributed by atoms with Crippen molar-refractivity contribution < 1.29 is 4.79 Å². The minimum absolute atomic E-state index is 0.0670. The van der Waals surface area contributed by atoms with Gasteiger partial charge in [-0.3, -0.25) is 4.90 Å². The maximum Gasteiger partial charge on any atom is 0.321 e. The van der Waals surface area contributed by atoms with Crippen molar-refractivity contribution in [2.45, 2.75) is 6.54 Å². The fourth-order valence-corrected chi connectivity index (χ4v) is 3.05.